The minimum atomic E-state index is -0.986. The Morgan fingerprint density at radius 1 is 0.548 bits per heavy atom. The van der Waals surface area contributed by atoms with Crippen LogP contribution in [-0.2, 0) is 12.8 Å². The quantitative estimate of drug-likeness (QED) is 0.0510. The van der Waals surface area contributed by atoms with E-state index < -0.39 is 12.0 Å². The third kappa shape index (κ3) is 11.9. The van der Waals surface area contributed by atoms with Gasteiger partial charge in [-0.1, -0.05) is 72.8 Å². The number of aromatic carboxylic acids is 1. The molecule has 10 aromatic rings. The van der Waals surface area contributed by atoms with Gasteiger partial charge in [0.05, 0.1) is 81.2 Å². The number of nitrogens with one attached hydrogen (secondary N) is 3. The Kier molecular flexibility index (Phi) is 16.3. The summed E-state index contributed by atoms with van der Waals surface area (Å²) < 4.78 is 21.3. The third-order valence-electron chi connectivity index (χ3n) is 12.3. The second-order valence-electron chi connectivity index (χ2n) is 17.1. The summed E-state index contributed by atoms with van der Waals surface area (Å²) >= 11 is 0. The number of nitrogens with two attached hydrogens (primary N) is 1. The number of aliphatic hydroxyl groups excluding tert-OH is 2. The van der Waals surface area contributed by atoms with Crippen molar-refractivity contribution >= 4 is 55.5 Å². The molecule has 0 fully saturated rings. The summed E-state index contributed by atoms with van der Waals surface area (Å²) in [6, 6.07) is 44.3. The van der Waals surface area contributed by atoms with Crippen LogP contribution in [-0.4, -0.2) is 101 Å². The average molecular weight is 981 g/mol. The molecule has 73 heavy (non-hydrogen) atoms. The van der Waals surface area contributed by atoms with E-state index in [0.29, 0.717) is 69.2 Å². The van der Waals surface area contributed by atoms with Crippen LogP contribution in [0.3, 0.4) is 0 Å². The molecule has 0 saturated carbocycles. The number of aromatic amines is 2. The number of hydrogen-bond acceptors (Lipinski definition) is 11. The molecular weight excluding hydrogens is 925 g/mol. The number of methoxy groups -OCH3 is 4. The van der Waals surface area contributed by atoms with Gasteiger partial charge in [0.25, 0.3) is 5.91 Å². The normalized spacial score (nSPS) is 11.8. The number of carboxylic acid groups (broad SMARTS) is 1. The van der Waals surface area contributed by atoms with Gasteiger partial charge in [-0.05, 0) is 84.6 Å². The maximum Gasteiger partial charge on any atom is 0.336 e. The number of carbonyl (C=O) groups excluding carboxylic acids is 1. The number of amides is 1. The number of ether oxygens (including phenoxy) is 4. The number of aromatic nitrogens is 4. The minimum Gasteiger partial charge on any atom is -0.497 e. The summed E-state index contributed by atoms with van der Waals surface area (Å²) in [4.78, 5) is 40.9. The van der Waals surface area contributed by atoms with Gasteiger partial charge in [0.1, 0.15) is 23.0 Å². The van der Waals surface area contributed by atoms with Gasteiger partial charge in [-0.3, -0.25) is 4.79 Å². The van der Waals surface area contributed by atoms with Crippen molar-refractivity contribution in [1.29, 1.82) is 0 Å². The molecule has 0 unspecified atom stereocenters. The molecule has 4 aromatic heterocycles. The van der Waals surface area contributed by atoms with E-state index in [4.69, 9.17) is 34.8 Å². The molecule has 8 N–H and O–H groups in total. The number of para-hydroxylation sites is 4. The van der Waals surface area contributed by atoms with Crippen LogP contribution in [0.4, 0.5) is 0 Å². The smallest absolute Gasteiger partial charge is 0.336 e. The van der Waals surface area contributed by atoms with Crippen LogP contribution in [0.25, 0.3) is 66.1 Å². The van der Waals surface area contributed by atoms with E-state index in [9.17, 15) is 19.8 Å². The monoisotopic (exact) mass is 980 g/mol. The molecule has 0 spiro atoms. The number of nitrogens with zero attached hydrogens (tertiary/aromatic N) is 2. The number of fused-ring (bicyclic) bond motifs is 4. The van der Waals surface area contributed by atoms with Gasteiger partial charge in [0.15, 0.2) is 0 Å². The van der Waals surface area contributed by atoms with Gasteiger partial charge < -0.3 is 55.3 Å². The number of carboxylic acids is 1. The van der Waals surface area contributed by atoms with E-state index in [1.54, 1.807) is 83.0 Å². The van der Waals surface area contributed by atoms with Crippen LogP contribution in [0.15, 0.2) is 158 Å². The van der Waals surface area contributed by atoms with E-state index in [-0.39, 0.29) is 30.7 Å². The van der Waals surface area contributed by atoms with Crippen molar-refractivity contribution in [3.63, 3.8) is 0 Å². The van der Waals surface area contributed by atoms with Gasteiger partial charge in [-0.2, -0.15) is 0 Å². The molecule has 0 aliphatic heterocycles. The largest absolute Gasteiger partial charge is 0.497 e. The van der Waals surface area contributed by atoms with Gasteiger partial charge in [-0.15, -0.1) is 0 Å². The number of rotatable bonds is 15. The van der Waals surface area contributed by atoms with Crippen LogP contribution in [0, 0.1) is 0 Å². The summed E-state index contributed by atoms with van der Waals surface area (Å²) in [6.07, 6.45) is 5.09. The Balaban J connectivity index is 0.000000163. The Morgan fingerprint density at radius 3 is 1.40 bits per heavy atom. The van der Waals surface area contributed by atoms with E-state index >= 15 is 0 Å². The molecule has 4 heterocycles. The number of benzene rings is 6. The molecule has 0 bridgehead atoms. The number of hydrogen-bond donors (Lipinski definition) is 7. The molecule has 1 amide bonds. The molecule has 0 aliphatic rings. The van der Waals surface area contributed by atoms with Crippen molar-refractivity contribution in [3.8, 4) is 45.5 Å². The first kappa shape index (κ1) is 50.6. The van der Waals surface area contributed by atoms with Crippen LogP contribution in [0.5, 0.6) is 23.0 Å². The van der Waals surface area contributed by atoms with Crippen molar-refractivity contribution < 1.29 is 43.9 Å². The first-order valence-corrected chi connectivity index (χ1v) is 23.4. The second kappa shape index (κ2) is 23.4. The highest BCUT2D eigenvalue weighted by Crippen LogP contribution is 2.33. The number of aliphatic hydroxyl groups is 2. The lowest BCUT2D eigenvalue weighted by Gasteiger charge is -2.18. The maximum absolute atomic E-state index is 13.5. The van der Waals surface area contributed by atoms with Crippen molar-refractivity contribution in [1.82, 2.24) is 25.3 Å². The molecule has 15 heteroatoms. The number of H-pyrrole nitrogens is 2. The first-order chi connectivity index (χ1) is 35.5. The van der Waals surface area contributed by atoms with Gasteiger partial charge in [0.2, 0.25) is 0 Å². The number of carbonyl (C=O) groups is 2. The van der Waals surface area contributed by atoms with Crippen molar-refractivity contribution in [2.45, 2.75) is 24.9 Å². The minimum absolute atomic E-state index is 0.0273. The Bertz CT molecular complexity index is 3490. The van der Waals surface area contributed by atoms with E-state index in [2.05, 4.69) is 26.3 Å². The van der Waals surface area contributed by atoms with E-state index in [0.717, 1.165) is 38.5 Å². The van der Waals surface area contributed by atoms with Crippen LogP contribution >= 0.6 is 0 Å². The highest BCUT2D eigenvalue weighted by atomic mass is 16.5. The highest BCUT2D eigenvalue weighted by molar-refractivity contribution is 6.07. The lowest BCUT2D eigenvalue weighted by atomic mass is 10.0. The van der Waals surface area contributed by atoms with Crippen LogP contribution in [0.2, 0.25) is 0 Å². The van der Waals surface area contributed by atoms with Gasteiger partial charge >= 0.3 is 5.97 Å². The molecule has 15 nitrogen and oxygen atoms in total. The van der Waals surface area contributed by atoms with Crippen LogP contribution in [0.1, 0.15) is 31.8 Å². The average Bonchev–Trinajstić information content (AvgIpc) is 4.05. The van der Waals surface area contributed by atoms with Gasteiger partial charge in [-0.25, -0.2) is 14.8 Å². The van der Waals surface area contributed by atoms with E-state index in [1.807, 2.05) is 97.3 Å². The summed E-state index contributed by atoms with van der Waals surface area (Å²) in [5.41, 5.74) is 14.7. The molecule has 372 valence electrons. The Hall–Kier alpha value is -8.76. The topological polar surface area (TPSA) is 227 Å². The summed E-state index contributed by atoms with van der Waals surface area (Å²) in [6.45, 7) is -0.159. The predicted molar refractivity (Wildman–Crippen MR) is 285 cm³/mol. The molecule has 10 rings (SSSR count). The fraction of sp³-hybridized carbons (Fsp3) is 0.172. The molecular formula is C58H56N6O9. The molecule has 0 aliphatic carbocycles. The Morgan fingerprint density at radius 2 is 0.959 bits per heavy atom. The van der Waals surface area contributed by atoms with Crippen LogP contribution < -0.4 is 30.0 Å². The molecule has 2 atom stereocenters. The highest BCUT2D eigenvalue weighted by Gasteiger charge is 2.20. The van der Waals surface area contributed by atoms with E-state index in [1.165, 1.54) is 10.9 Å². The lowest BCUT2D eigenvalue weighted by Crippen LogP contribution is -2.39. The lowest BCUT2D eigenvalue weighted by molar-refractivity contribution is 0.0698. The summed E-state index contributed by atoms with van der Waals surface area (Å²) in [7, 11) is 6.31. The fourth-order valence-corrected chi connectivity index (χ4v) is 8.56. The first-order valence-electron chi connectivity index (χ1n) is 23.4. The fourth-order valence-electron chi connectivity index (χ4n) is 8.56. The Labute approximate surface area is 421 Å². The van der Waals surface area contributed by atoms with Crippen molar-refractivity contribution in [2.75, 3.05) is 41.7 Å². The zero-order valence-electron chi connectivity index (χ0n) is 40.8. The van der Waals surface area contributed by atoms with Crippen molar-refractivity contribution in [2.24, 2.45) is 5.73 Å². The third-order valence-corrected chi connectivity index (χ3v) is 12.3. The SMILES string of the molecule is COc1cc(OC)cc(-c2cc(C(=O)N[C@@H](CO)Cc3c[nH]c4ccccc34)c3ccccc3n2)c1.COc1cc(OC)cc(-c2cc(C(=O)O)c3ccccc3n2)c1.N[C@@H](CO)Cc1c[nH]c2ccccc12. The molecule has 6 aromatic carbocycles. The maximum atomic E-state index is 13.5. The molecule has 0 saturated heterocycles. The summed E-state index contributed by atoms with van der Waals surface area (Å²) in [5, 5.41) is 35.1. The standard InChI is InChI=1S/C29H27N3O4.C18H15NO4.C11H14N2O/c1-35-21-12-18(13-22(14-21)36-2)28-15-25(24-8-4-6-10-27(24)32-28)29(34)31-20(17-33)11-19-16-30-26-9-5-3-7-23(19)26;1-22-12-7-11(8-13(9-12)23-2)17-10-15(18(20)21)14-5-3-4-6-16(14)19-17;12-9(7-14)5-8-6-13-11-4-2-1-3-10(8)11/h3-10,12-16,20,30,33H,11,17H2,1-2H3,(H,31,34);3-10H,1-2H3,(H,20,21);1-4,6,9,13-14H,5,7,12H2/t20-;;9-/m1.1/s1. The number of pyridine rings is 2. The molecule has 0 radical (unpaired) electrons. The zero-order chi connectivity index (χ0) is 51.4. The second-order valence-corrected chi connectivity index (χ2v) is 17.1. The predicted octanol–water partition coefficient (Wildman–Crippen LogP) is 9.38. The zero-order valence-corrected chi connectivity index (χ0v) is 40.8. The summed E-state index contributed by atoms with van der Waals surface area (Å²) in [5.74, 6) is 1.23. The van der Waals surface area contributed by atoms with Crippen molar-refractivity contribution in [3.05, 3.63) is 180 Å². The van der Waals surface area contributed by atoms with Gasteiger partial charge in [0, 0.05) is 74.3 Å².